The average molecular weight is 197 g/mol. The summed E-state index contributed by atoms with van der Waals surface area (Å²) in [7, 11) is 0. The first-order chi connectivity index (χ1) is 6.43. The highest BCUT2D eigenvalue weighted by Gasteiger charge is 2.15. The predicted octanol–water partition coefficient (Wildman–Crippen LogP) is 0.371. The zero-order chi connectivity index (χ0) is 10.9. The third-order valence-corrected chi connectivity index (χ3v) is 1.64. The van der Waals surface area contributed by atoms with Crippen molar-refractivity contribution >= 4 is 17.6 Å². The average Bonchev–Trinajstić information content (AvgIpc) is 2.08. The minimum absolute atomic E-state index is 0.325. The molecule has 0 amide bonds. The van der Waals surface area contributed by atoms with Gasteiger partial charge >= 0.3 is 11.9 Å². The molecule has 0 aliphatic heterocycles. The van der Waals surface area contributed by atoms with E-state index in [9.17, 15) is 9.59 Å². The van der Waals surface area contributed by atoms with E-state index in [1.165, 1.54) is 0 Å². The highest BCUT2D eigenvalue weighted by molar-refractivity contribution is 5.99. The van der Waals surface area contributed by atoms with Gasteiger partial charge in [0.2, 0.25) is 0 Å². The highest BCUT2D eigenvalue weighted by atomic mass is 16.4. The Morgan fingerprint density at radius 1 is 1.14 bits per heavy atom. The number of hydrogen-bond donors (Lipinski definition) is 4. The molecule has 0 saturated heterocycles. The van der Waals surface area contributed by atoms with Gasteiger partial charge < -0.3 is 21.1 Å². The number of aromatic carboxylic acids is 2. The van der Waals surface area contributed by atoms with Crippen LogP contribution in [-0.2, 0) is 0 Å². The Kier molecular flexibility index (Phi) is 2.29. The van der Waals surface area contributed by atoms with Crippen molar-refractivity contribution in [2.24, 2.45) is 0 Å². The van der Waals surface area contributed by atoms with Gasteiger partial charge in [-0.25, -0.2) is 9.59 Å². The second kappa shape index (κ2) is 3.25. The van der Waals surface area contributed by atoms with Crippen molar-refractivity contribution in [1.82, 2.24) is 0 Å². The lowest BCUT2D eigenvalue weighted by molar-refractivity contribution is 0.0696. The van der Waals surface area contributed by atoms with Crippen LogP contribution >= 0.6 is 0 Å². The van der Waals surface area contributed by atoms with Crippen molar-refractivity contribution in [1.29, 1.82) is 0 Å². The van der Waals surface area contributed by atoms with Gasteiger partial charge in [-0.2, -0.15) is 0 Å². The van der Waals surface area contributed by atoms with Gasteiger partial charge in [0.25, 0.3) is 0 Å². The second-order valence-electron chi connectivity index (χ2n) is 2.57. The van der Waals surface area contributed by atoms with Crippen LogP contribution in [0.3, 0.4) is 0 Å². The summed E-state index contributed by atoms with van der Waals surface area (Å²) in [6.45, 7) is 0. The van der Waals surface area contributed by atoms with Gasteiger partial charge in [0.1, 0.15) is 5.75 Å². The van der Waals surface area contributed by atoms with E-state index in [0.29, 0.717) is 0 Å². The van der Waals surface area contributed by atoms with E-state index < -0.39 is 23.3 Å². The molecule has 1 rings (SSSR count). The SMILES string of the molecule is Nc1c(O)cc(C(=O)O)cc1C(=O)O. The van der Waals surface area contributed by atoms with Crippen LogP contribution < -0.4 is 5.73 Å². The van der Waals surface area contributed by atoms with Crippen molar-refractivity contribution in [3.63, 3.8) is 0 Å². The molecule has 5 N–H and O–H groups in total. The van der Waals surface area contributed by atoms with Crippen LogP contribution in [-0.4, -0.2) is 27.3 Å². The first-order valence-corrected chi connectivity index (χ1v) is 3.52. The summed E-state index contributed by atoms with van der Waals surface area (Å²) in [4.78, 5) is 21.1. The summed E-state index contributed by atoms with van der Waals surface area (Å²) in [6.07, 6.45) is 0. The molecule has 0 unspecified atom stereocenters. The summed E-state index contributed by atoms with van der Waals surface area (Å²) >= 11 is 0. The molecular weight excluding hydrogens is 190 g/mol. The second-order valence-corrected chi connectivity index (χ2v) is 2.57. The van der Waals surface area contributed by atoms with Crippen molar-refractivity contribution in [2.75, 3.05) is 5.73 Å². The van der Waals surface area contributed by atoms with Gasteiger partial charge in [-0.1, -0.05) is 0 Å². The molecule has 0 atom stereocenters. The van der Waals surface area contributed by atoms with Crippen molar-refractivity contribution in [2.45, 2.75) is 0 Å². The summed E-state index contributed by atoms with van der Waals surface area (Å²) in [5.41, 5.74) is 4.13. The molecule has 0 bridgehead atoms. The Hall–Kier alpha value is -2.24. The lowest BCUT2D eigenvalue weighted by atomic mass is 10.1. The van der Waals surface area contributed by atoms with E-state index >= 15 is 0 Å². The van der Waals surface area contributed by atoms with E-state index in [0.717, 1.165) is 12.1 Å². The summed E-state index contributed by atoms with van der Waals surface area (Å²) < 4.78 is 0. The van der Waals surface area contributed by atoms with Crippen LogP contribution in [0.25, 0.3) is 0 Å². The molecule has 1 aromatic rings. The maximum atomic E-state index is 10.6. The molecule has 74 valence electrons. The number of aromatic hydroxyl groups is 1. The minimum Gasteiger partial charge on any atom is -0.506 e. The van der Waals surface area contributed by atoms with Gasteiger partial charge in [0.15, 0.2) is 0 Å². The van der Waals surface area contributed by atoms with Crippen LogP contribution in [0.5, 0.6) is 5.75 Å². The summed E-state index contributed by atoms with van der Waals surface area (Å²) in [5, 5.41) is 26.3. The zero-order valence-electron chi connectivity index (χ0n) is 6.89. The first-order valence-electron chi connectivity index (χ1n) is 3.52. The normalized spacial score (nSPS) is 9.71. The maximum Gasteiger partial charge on any atom is 0.337 e. The fourth-order valence-corrected chi connectivity index (χ4v) is 0.938. The number of nitrogens with two attached hydrogens (primary N) is 1. The molecule has 6 heteroatoms. The number of carboxylic acids is 2. The molecule has 1 aromatic carbocycles. The van der Waals surface area contributed by atoms with Crippen LogP contribution in [0.4, 0.5) is 5.69 Å². The van der Waals surface area contributed by atoms with Gasteiger partial charge in [-0.05, 0) is 12.1 Å². The van der Waals surface area contributed by atoms with Gasteiger partial charge in [0.05, 0.1) is 16.8 Å². The van der Waals surface area contributed by atoms with Gasteiger partial charge in [-0.3, -0.25) is 0 Å². The lowest BCUT2D eigenvalue weighted by Crippen LogP contribution is -2.06. The van der Waals surface area contributed by atoms with E-state index in [2.05, 4.69) is 0 Å². The molecule has 6 nitrogen and oxygen atoms in total. The third-order valence-electron chi connectivity index (χ3n) is 1.64. The number of phenolic OH excluding ortho intramolecular Hbond substituents is 1. The summed E-state index contributed by atoms with van der Waals surface area (Å²) in [5.74, 6) is -3.27. The van der Waals surface area contributed by atoms with Crippen LogP contribution in [0.1, 0.15) is 20.7 Å². The van der Waals surface area contributed by atoms with Crippen LogP contribution in [0, 0.1) is 0 Å². The van der Waals surface area contributed by atoms with Crippen molar-refractivity contribution in [3.05, 3.63) is 23.3 Å². The smallest absolute Gasteiger partial charge is 0.337 e. The quantitative estimate of drug-likeness (QED) is 0.401. The number of phenols is 1. The zero-order valence-corrected chi connectivity index (χ0v) is 6.89. The third kappa shape index (κ3) is 1.58. The largest absolute Gasteiger partial charge is 0.506 e. The molecule has 0 aliphatic rings. The fraction of sp³-hybridized carbons (Fsp3) is 0. The van der Waals surface area contributed by atoms with E-state index in [1.54, 1.807) is 0 Å². The standard InChI is InChI=1S/C8H7NO5/c9-6-4(8(13)14)1-3(7(11)12)2-5(6)10/h1-2,10H,9H2,(H,11,12)(H,13,14). The molecule has 14 heavy (non-hydrogen) atoms. The molecule has 0 radical (unpaired) electrons. The van der Waals surface area contributed by atoms with E-state index in [1.807, 2.05) is 0 Å². The number of hydrogen-bond acceptors (Lipinski definition) is 4. The maximum absolute atomic E-state index is 10.6. The topological polar surface area (TPSA) is 121 Å². The van der Waals surface area contributed by atoms with E-state index in [-0.39, 0.29) is 11.3 Å². The Bertz CT molecular complexity index is 412. The molecule has 0 fully saturated rings. The molecule has 0 aliphatic carbocycles. The minimum atomic E-state index is -1.39. The van der Waals surface area contributed by atoms with Crippen molar-refractivity contribution in [3.8, 4) is 5.75 Å². The lowest BCUT2D eigenvalue weighted by Gasteiger charge is -2.04. The summed E-state index contributed by atoms with van der Waals surface area (Å²) in [6, 6.07) is 1.78. The van der Waals surface area contributed by atoms with E-state index in [4.69, 9.17) is 21.1 Å². The number of carboxylic acid groups (broad SMARTS) is 2. The molecule has 0 heterocycles. The monoisotopic (exact) mass is 197 g/mol. The van der Waals surface area contributed by atoms with Crippen LogP contribution in [0.15, 0.2) is 12.1 Å². The highest BCUT2D eigenvalue weighted by Crippen LogP contribution is 2.26. The number of rotatable bonds is 2. The number of carbonyl (C=O) groups is 2. The first kappa shape index (κ1) is 9.85. The Labute approximate surface area is 78.2 Å². The molecule has 0 aromatic heterocycles. The molecular formula is C8H7NO5. The Morgan fingerprint density at radius 3 is 2.14 bits per heavy atom. The van der Waals surface area contributed by atoms with Gasteiger partial charge in [0, 0.05) is 0 Å². The molecule has 0 saturated carbocycles. The number of anilines is 1. The van der Waals surface area contributed by atoms with Crippen LogP contribution in [0.2, 0.25) is 0 Å². The predicted molar refractivity (Wildman–Crippen MR) is 46.4 cm³/mol. The van der Waals surface area contributed by atoms with Gasteiger partial charge in [-0.15, -0.1) is 0 Å². The number of nitrogen functional groups attached to an aromatic ring is 1. The Balaban J connectivity index is 3.43. The molecule has 0 spiro atoms. The number of benzene rings is 1. The van der Waals surface area contributed by atoms with Crippen molar-refractivity contribution < 1.29 is 24.9 Å². The fourth-order valence-electron chi connectivity index (χ4n) is 0.938. The Morgan fingerprint density at radius 2 is 1.71 bits per heavy atom.